The Morgan fingerprint density at radius 3 is 2.52 bits per heavy atom. The minimum absolute atomic E-state index is 0.0338. The van der Waals surface area contributed by atoms with E-state index in [0.717, 1.165) is 12.1 Å². The molecule has 1 heterocycles. The number of halogens is 4. The van der Waals surface area contributed by atoms with Gasteiger partial charge in [-0.05, 0) is 61.5 Å². The number of fused-ring (bicyclic) bond motifs is 3. The fourth-order valence-electron chi connectivity index (χ4n) is 4.44. The summed E-state index contributed by atoms with van der Waals surface area (Å²) in [5.41, 5.74) is -0.0828. The molecule has 144 valence electrons. The second-order valence-corrected chi connectivity index (χ2v) is 10.1. The molecular formula is C20H18ClF3O2S. The van der Waals surface area contributed by atoms with E-state index in [1.165, 1.54) is 0 Å². The first-order chi connectivity index (χ1) is 12.8. The molecule has 7 heteroatoms. The topological polar surface area (TPSA) is 26.3 Å². The summed E-state index contributed by atoms with van der Waals surface area (Å²) < 4.78 is 61.8. The third-order valence-electron chi connectivity index (χ3n) is 5.72. The van der Waals surface area contributed by atoms with Gasteiger partial charge >= 0.3 is 0 Å². The first kappa shape index (κ1) is 18.7. The maximum atomic E-state index is 15.0. The molecule has 0 bridgehead atoms. The van der Waals surface area contributed by atoms with Gasteiger partial charge in [-0.15, -0.1) is 0 Å². The molecule has 4 atom stereocenters. The molecule has 2 aromatic carbocycles. The molecule has 2 nitrogen and oxygen atoms in total. The van der Waals surface area contributed by atoms with Crippen LogP contribution in [0, 0.1) is 17.6 Å². The predicted molar refractivity (Wildman–Crippen MR) is 101 cm³/mol. The minimum Gasteiger partial charge on any atom is -0.490 e. The molecule has 0 aromatic heterocycles. The Kier molecular flexibility index (Phi) is 4.47. The van der Waals surface area contributed by atoms with E-state index >= 15 is 0 Å². The highest BCUT2D eigenvalue weighted by Crippen LogP contribution is 2.56. The quantitative estimate of drug-likeness (QED) is 0.637. The van der Waals surface area contributed by atoms with Crippen molar-refractivity contribution in [1.29, 1.82) is 0 Å². The van der Waals surface area contributed by atoms with Crippen molar-refractivity contribution < 1.29 is 22.1 Å². The summed E-state index contributed by atoms with van der Waals surface area (Å²) >= 11 is 5.94. The summed E-state index contributed by atoms with van der Waals surface area (Å²) in [6.07, 6.45) is -0.840. The van der Waals surface area contributed by atoms with Crippen molar-refractivity contribution in [2.24, 2.45) is 5.92 Å². The maximum Gasteiger partial charge on any atom is 0.165 e. The average Bonchev–Trinajstić information content (AvgIpc) is 2.64. The zero-order valence-corrected chi connectivity index (χ0v) is 16.0. The van der Waals surface area contributed by atoms with Gasteiger partial charge in [0.15, 0.2) is 11.6 Å². The van der Waals surface area contributed by atoms with Crippen molar-refractivity contribution in [2.45, 2.75) is 35.1 Å². The van der Waals surface area contributed by atoms with Gasteiger partial charge in [-0.1, -0.05) is 11.6 Å². The molecule has 0 N–H and O–H groups in total. The van der Waals surface area contributed by atoms with E-state index in [9.17, 15) is 17.4 Å². The molecule has 4 rings (SSSR count). The molecule has 1 aliphatic heterocycles. The standard InChI is InChI=1S/C20H18ClF3O2S/c1-27(25,15-4-2-13(21)3-5-15)20-9-8-14(22)10-12(20)11-26-19-17(24)7-6-16(23)18(19)20/h2-7,12,14H,1,8-11H2/t12-,14-,20+,27?/m0/s1. The van der Waals surface area contributed by atoms with Crippen LogP contribution in [-0.4, -0.2) is 22.9 Å². The van der Waals surface area contributed by atoms with Crippen LogP contribution in [0.15, 0.2) is 41.3 Å². The summed E-state index contributed by atoms with van der Waals surface area (Å²) in [5.74, 6) is 1.73. The Hall–Kier alpha value is -1.66. The SMILES string of the molecule is C=S(=O)(c1ccc(Cl)cc1)[C@]12CC[C@H](F)C[C@H]1COc1c(F)ccc(F)c12. The molecular weight excluding hydrogens is 397 g/mol. The van der Waals surface area contributed by atoms with Gasteiger partial charge in [0, 0.05) is 25.4 Å². The van der Waals surface area contributed by atoms with E-state index in [1.807, 2.05) is 0 Å². The Labute approximate surface area is 161 Å². The molecule has 0 spiro atoms. The van der Waals surface area contributed by atoms with Gasteiger partial charge in [0.05, 0.1) is 16.9 Å². The van der Waals surface area contributed by atoms with Gasteiger partial charge in [0.1, 0.15) is 12.0 Å². The molecule has 1 unspecified atom stereocenters. The Morgan fingerprint density at radius 1 is 1.15 bits per heavy atom. The van der Waals surface area contributed by atoms with Gasteiger partial charge < -0.3 is 4.74 Å². The van der Waals surface area contributed by atoms with Crippen LogP contribution >= 0.6 is 11.6 Å². The van der Waals surface area contributed by atoms with Gasteiger partial charge in [0.25, 0.3) is 0 Å². The van der Waals surface area contributed by atoms with Crippen LogP contribution in [0.25, 0.3) is 0 Å². The number of hydrogen-bond acceptors (Lipinski definition) is 2. The molecule has 2 aromatic rings. The number of hydrogen-bond donors (Lipinski definition) is 0. The van der Waals surface area contributed by atoms with E-state index in [2.05, 4.69) is 5.87 Å². The zero-order valence-electron chi connectivity index (χ0n) is 14.4. The van der Waals surface area contributed by atoms with Gasteiger partial charge in [-0.25, -0.2) is 13.2 Å². The Balaban J connectivity index is 2.02. The van der Waals surface area contributed by atoms with Crippen molar-refractivity contribution in [3.63, 3.8) is 0 Å². The van der Waals surface area contributed by atoms with E-state index in [0.29, 0.717) is 9.92 Å². The van der Waals surface area contributed by atoms with Crippen LogP contribution in [0.4, 0.5) is 13.2 Å². The van der Waals surface area contributed by atoms with Crippen molar-refractivity contribution in [2.75, 3.05) is 6.61 Å². The average molecular weight is 415 g/mol. The third-order valence-corrected chi connectivity index (χ3v) is 8.93. The normalized spacial score (nSPS) is 29.2. The van der Waals surface area contributed by atoms with Crippen molar-refractivity contribution in [3.8, 4) is 5.75 Å². The van der Waals surface area contributed by atoms with Gasteiger partial charge in [-0.2, -0.15) is 0 Å². The summed E-state index contributed by atoms with van der Waals surface area (Å²) in [5, 5.41) is 0.458. The molecule has 1 aliphatic carbocycles. The van der Waals surface area contributed by atoms with E-state index in [-0.39, 0.29) is 37.2 Å². The lowest BCUT2D eigenvalue weighted by atomic mass is 9.72. The largest absolute Gasteiger partial charge is 0.490 e. The second kappa shape index (κ2) is 6.45. The minimum atomic E-state index is -3.19. The molecule has 1 fully saturated rings. The summed E-state index contributed by atoms with van der Waals surface area (Å²) in [6.45, 7) is -0.0338. The Bertz CT molecular complexity index is 991. The van der Waals surface area contributed by atoms with Crippen molar-refractivity contribution in [3.05, 3.63) is 58.6 Å². The zero-order chi connectivity index (χ0) is 19.4. The second-order valence-electron chi connectivity index (χ2n) is 7.13. The number of alkyl halides is 1. The first-order valence-corrected chi connectivity index (χ1v) is 10.8. The van der Waals surface area contributed by atoms with Crippen LogP contribution in [0.1, 0.15) is 24.8 Å². The van der Waals surface area contributed by atoms with Gasteiger partial charge in [0.2, 0.25) is 0 Å². The number of rotatable bonds is 2. The molecule has 0 amide bonds. The fraction of sp³-hybridized carbons (Fsp3) is 0.350. The maximum absolute atomic E-state index is 15.0. The molecule has 1 saturated carbocycles. The van der Waals surface area contributed by atoms with Crippen LogP contribution in [0.5, 0.6) is 5.75 Å². The van der Waals surface area contributed by atoms with E-state index in [1.54, 1.807) is 24.3 Å². The molecule has 2 aliphatic rings. The van der Waals surface area contributed by atoms with Crippen LogP contribution in [-0.2, 0) is 14.3 Å². The monoisotopic (exact) mass is 414 g/mol. The van der Waals surface area contributed by atoms with Crippen molar-refractivity contribution >= 4 is 27.0 Å². The lowest BCUT2D eigenvalue weighted by Crippen LogP contribution is -2.52. The molecule has 0 saturated heterocycles. The number of benzene rings is 2. The van der Waals surface area contributed by atoms with E-state index in [4.69, 9.17) is 16.3 Å². The lowest BCUT2D eigenvalue weighted by Gasteiger charge is -2.50. The smallest absolute Gasteiger partial charge is 0.165 e. The highest BCUT2D eigenvalue weighted by atomic mass is 35.5. The molecule has 27 heavy (non-hydrogen) atoms. The summed E-state index contributed by atoms with van der Waals surface area (Å²) in [7, 11) is -3.19. The van der Waals surface area contributed by atoms with Gasteiger partial charge in [-0.3, -0.25) is 4.21 Å². The first-order valence-electron chi connectivity index (χ1n) is 8.65. The van der Waals surface area contributed by atoms with Crippen LogP contribution < -0.4 is 4.74 Å². The number of ether oxygens (including phenoxy) is 1. The summed E-state index contributed by atoms with van der Waals surface area (Å²) in [6, 6.07) is 8.30. The lowest BCUT2D eigenvalue weighted by molar-refractivity contribution is 0.0839. The third kappa shape index (κ3) is 2.68. The van der Waals surface area contributed by atoms with Crippen LogP contribution in [0.3, 0.4) is 0 Å². The van der Waals surface area contributed by atoms with Crippen LogP contribution in [0.2, 0.25) is 5.02 Å². The fourth-order valence-corrected chi connectivity index (χ4v) is 7.23. The van der Waals surface area contributed by atoms with E-state index < -0.39 is 38.0 Å². The highest BCUT2D eigenvalue weighted by Gasteiger charge is 2.56. The molecule has 0 radical (unpaired) electrons. The predicted octanol–water partition coefficient (Wildman–Crippen LogP) is 5.12. The van der Waals surface area contributed by atoms with Crippen molar-refractivity contribution in [1.82, 2.24) is 0 Å². The Morgan fingerprint density at radius 2 is 1.81 bits per heavy atom. The summed E-state index contributed by atoms with van der Waals surface area (Å²) in [4.78, 5) is 0.380. The highest BCUT2D eigenvalue weighted by molar-refractivity contribution is 8.01.